The minimum absolute atomic E-state index is 0.00491. The summed E-state index contributed by atoms with van der Waals surface area (Å²) >= 11 is 0. The van der Waals surface area contributed by atoms with E-state index in [1.54, 1.807) is 54.6 Å². The standard InChI is InChI=1S/C29H22N4O4/c34-26(19-37-25-18-10-9-15-22(25)20-11-3-1-4-12-20)30-31-28(35)27-23-16-7-8-17-24(23)29(36)33(32-27)21-13-5-2-6-14-21/h1-18H,19H2,(H,30,34)(H,31,35). The van der Waals surface area contributed by atoms with E-state index in [0.29, 0.717) is 22.2 Å². The van der Waals surface area contributed by atoms with Gasteiger partial charge in [-0.2, -0.15) is 9.78 Å². The summed E-state index contributed by atoms with van der Waals surface area (Å²) in [6.07, 6.45) is 0. The third-order valence-electron chi connectivity index (χ3n) is 5.67. The van der Waals surface area contributed by atoms with E-state index in [-0.39, 0.29) is 17.9 Å². The second-order valence-electron chi connectivity index (χ2n) is 8.10. The third kappa shape index (κ3) is 5.08. The molecule has 0 spiro atoms. The van der Waals surface area contributed by atoms with Crippen LogP contribution in [0, 0.1) is 0 Å². The van der Waals surface area contributed by atoms with Crippen molar-refractivity contribution in [3.63, 3.8) is 0 Å². The van der Waals surface area contributed by atoms with E-state index in [1.165, 1.54) is 4.68 Å². The molecule has 1 heterocycles. The number of carbonyl (C=O) groups excluding carboxylic acids is 2. The summed E-state index contributed by atoms with van der Waals surface area (Å²) in [4.78, 5) is 38.5. The Hall–Kier alpha value is -5.24. The zero-order valence-corrected chi connectivity index (χ0v) is 19.6. The summed E-state index contributed by atoms with van der Waals surface area (Å²) in [5.74, 6) is -0.686. The van der Waals surface area contributed by atoms with Gasteiger partial charge in [-0.05, 0) is 29.8 Å². The van der Waals surface area contributed by atoms with Crippen molar-refractivity contribution in [3.8, 4) is 22.6 Å². The lowest BCUT2D eigenvalue weighted by molar-refractivity contribution is -0.123. The van der Waals surface area contributed by atoms with Gasteiger partial charge in [-0.15, -0.1) is 0 Å². The smallest absolute Gasteiger partial charge is 0.290 e. The first-order valence-electron chi connectivity index (χ1n) is 11.6. The number of ether oxygens (including phenoxy) is 1. The molecule has 0 aliphatic rings. The summed E-state index contributed by atoms with van der Waals surface area (Å²) < 4.78 is 6.90. The fourth-order valence-corrected chi connectivity index (χ4v) is 3.92. The van der Waals surface area contributed by atoms with Crippen LogP contribution in [0.25, 0.3) is 27.6 Å². The summed E-state index contributed by atoms with van der Waals surface area (Å²) in [7, 11) is 0. The fraction of sp³-hybridized carbons (Fsp3) is 0.0345. The van der Waals surface area contributed by atoms with Gasteiger partial charge < -0.3 is 4.74 Å². The van der Waals surface area contributed by atoms with Crippen LogP contribution in [-0.4, -0.2) is 28.2 Å². The van der Waals surface area contributed by atoms with Crippen molar-refractivity contribution in [2.24, 2.45) is 0 Å². The van der Waals surface area contributed by atoms with Gasteiger partial charge in [-0.3, -0.25) is 25.2 Å². The Bertz CT molecular complexity index is 1630. The third-order valence-corrected chi connectivity index (χ3v) is 5.67. The number of rotatable bonds is 6. The van der Waals surface area contributed by atoms with Crippen LogP contribution in [0.5, 0.6) is 5.75 Å². The molecule has 2 amide bonds. The maximum atomic E-state index is 13.0. The first-order valence-corrected chi connectivity index (χ1v) is 11.6. The highest BCUT2D eigenvalue weighted by Gasteiger charge is 2.18. The largest absolute Gasteiger partial charge is 0.483 e. The van der Waals surface area contributed by atoms with Gasteiger partial charge in [0.2, 0.25) is 0 Å². The molecule has 0 aliphatic heterocycles. The Labute approximate surface area is 212 Å². The highest BCUT2D eigenvalue weighted by Crippen LogP contribution is 2.29. The van der Waals surface area contributed by atoms with Crippen molar-refractivity contribution >= 4 is 22.6 Å². The van der Waals surface area contributed by atoms with Gasteiger partial charge in [-0.25, -0.2) is 0 Å². The minimum Gasteiger partial charge on any atom is -0.483 e. The van der Waals surface area contributed by atoms with E-state index < -0.39 is 11.8 Å². The molecule has 8 nitrogen and oxygen atoms in total. The van der Waals surface area contributed by atoms with Crippen LogP contribution >= 0.6 is 0 Å². The predicted octanol–water partition coefficient (Wildman–Crippen LogP) is 3.89. The molecule has 4 aromatic carbocycles. The van der Waals surface area contributed by atoms with Gasteiger partial charge >= 0.3 is 0 Å². The van der Waals surface area contributed by atoms with Crippen LogP contribution in [0.1, 0.15) is 10.5 Å². The average Bonchev–Trinajstić information content (AvgIpc) is 2.96. The van der Waals surface area contributed by atoms with Gasteiger partial charge in [0, 0.05) is 10.9 Å². The van der Waals surface area contributed by atoms with Crippen LogP contribution in [0.2, 0.25) is 0 Å². The molecule has 8 heteroatoms. The molecule has 0 fully saturated rings. The number of nitrogens with one attached hydrogen (secondary N) is 2. The molecule has 0 radical (unpaired) electrons. The summed E-state index contributed by atoms with van der Waals surface area (Å²) in [5.41, 5.74) is 6.69. The lowest BCUT2D eigenvalue weighted by atomic mass is 10.1. The van der Waals surface area contributed by atoms with Gasteiger partial charge in [0.05, 0.1) is 11.1 Å². The highest BCUT2D eigenvalue weighted by atomic mass is 16.5. The second kappa shape index (κ2) is 10.6. The molecule has 0 saturated carbocycles. The predicted molar refractivity (Wildman–Crippen MR) is 140 cm³/mol. The van der Waals surface area contributed by atoms with Gasteiger partial charge in [0.25, 0.3) is 17.4 Å². The van der Waals surface area contributed by atoms with E-state index in [9.17, 15) is 14.4 Å². The second-order valence-corrected chi connectivity index (χ2v) is 8.10. The first kappa shape index (κ1) is 23.5. The van der Waals surface area contributed by atoms with Crippen molar-refractivity contribution in [3.05, 3.63) is 125 Å². The molecule has 0 saturated heterocycles. The number of carbonyl (C=O) groups is 2. The van der Waals surface area contributed by atoms with Gasteiger partial charge in [0.15, 0.2) is 12.3 Å². The average molecular weight is 491 g/mol. The number of aromatic nitrogens is 2. The normalized spacial score (nSPS) is 10.6. The lowest BCUT2D eigenvalue weighted by Gasteiger charge is -2.13. The number of hydrogen-bond donors (Lipinski definition) is 2. The van der Waals surface area contributed by atoms with Gasteiger partial charge in [-0.1, -0.05) is 84.9 Å². The number of hydrazine groups is 1. The van der Waals surface area contributed by atoms with Crippen molar-refractivity contribution in [2.45, 2.75) is 0 Å². The highest BCUT2D eigenvalue weighted by molar-refractivity contribution is 6.05. The molecule has 0 bridgehead atoms. The number of hydrogen-bond acceptors (Lipinski definition) is 5. The Morgan fingerprint density at radius 2 is 1.35 bits per heavy atom. The SMILES string of the molecule is O=C(COc1ccccc1-c1ccccc1)NNC(=O)c1nn(-c2ccccc2)c(=O)c2ccccc12. The molecular formula is C29H22N4O4. The van der Waals surface area contributed by atoms with Crippen LogP contribution in [0.3, 0.4) is 0 Å². The molecule has 5 rings (SSSR count). The Balaban J connectivity index is 1.31. The molecule has 0 unspecified atom stereocenters. The number of fused-ring (bicyclic) bond motifs is 1. The minimum atomic E-state index is -0.668. The molecule has 5 aromatic rings. The number of amides is 2. The molecule has 2 N–H and O–H groups in total. The lowest BCUT2D eigenvalue weighted by Crippen LogP contribution is -2.44. The van der Waals surface area contributed by atoms with Crippen molar-refractivity contribution in [1.82, 2.24) is 20.6 Å². The van der Waals surface area contributed by atoms with Crippen LogP contribution in [0.4, 0.5) is 0 Å². The van der Waals surface area contributed by atoms with E-state index >= 15 is 0 Å². The van der Waals surface area contributed by atoms with Crippen LogP contribution in [0.15, 0.2) is 114 Å². The number of para-hydroxylation sites is 2. The molecule has 0 aliphatic carbocycles. The maximum Gasteiger partial charge on any atom is 0.290 e. The summed E-state index contributed by atoms with van der Waals surface area (Å²) in [6, 6.07) is 32.6. The molecule has 1 aromatic heterocycles. The summed E-state index contributed by atoms with van der Waals surface area (Å²) in [6.45, 7) is -0.318. The van der Waals surface area contributed by atoms with Crippen molar-refractivity contribution in [1.29, 1.82) is 0 Å². The Morgan fingerprint density at radius 3 is 2.11 bits per heavy atom. The molecular weight excluding hydrogens is 468 g/mol. The maximum absolute atomic E-state index is 13.0. The number of nitrogens with zero attached hydrogens (tertiary/aromatic N) is 2. The van der Waals surface area contributed by atoms with Crippen LogP contribution < -0.4 is 21.1 Å². The van der Waals surface area contributed by atoms with E-state index in [2.05, 4.69) is 16.0 Å². The number of benzene rings is 4. The zero-order valence-electron chi connectivity index (χ0n) is 19.6. The molecule has 182 valence electrons. The molecule has 0 atom stereocenters. The topological polar surface area (TPSA) is 102 Å². The summed E-state index contributed by atoms with van der Waals surface area (Å²) in [5, 5.41) is 5.00. The first-order chi connectivity index (χ1) is 18.1. The van der Waals surface area contributed by atoms with E-state index in [4.69, 9.17) is 4.74 Å². The molecule has 37 heavy (non-hydrogen) atoms. The zero-order chi connectivity index (χ0) is 25.6. The monoisotopic (exact) mass is 490 g/mol. The fourth-order valence-electron chi connectivity index (χ4n) is 3.92. The Kier molecular flexibility index (Phi) is 6.72. The van der Waals surface area contributed by atoms with E-state index in [0.717, 1.165) is 11.1 Å². The Morgan fingerprint density at radius 1 is 0.730 bits per heavy atom. The quantitative estimate of drug-likeness (QED) is 0.352. The van der Waals surface area contributed by atoms with Crippen molar-refractivity contribution in [2.75, 3.05) is 6.61 Å². The van der Waals surface area contributed by atoms with Crippen LogP contribution in [-0.2, 0) is 4.79 Å². The van der Waals surface area contributed by atoms with Gasteiger partial charge in [0.1, 0.15) is 5.75 Å². The van der Waals surface area contributed by atoms with Crippen molar-refractivity contribution < 1.29 is 14.3 Å². The van der Waals surface area contributed by atoms with E-state index in [1.807, 2.05) is 54.6 Å².